The number of nitro groups is 1. The predicted molar refractivity (Wildman–Crippen MR) is 73.1 cm³/mol. The molecule has 2 rings (SSSR count). The number of rotatable bonds is 3. The predicted octanol–water partition coefficient (Wildman–Crippen LogP) is 2.08. The van der Waals surface area contributed by atoms with Crippen molar-refractivity contribution in [3.05, 3.63) is 26.9 Å². The van der Waals surface area contributed by atoms with Crippen molar-refractivity contribution in [1.82, 2.24) is 4.98 Å². The van der Waals surface area contributed by atoms with E-state index in [2.05, 4.69) is 26.2 Å². The molecule has 98 valence electrons. The summed E-state index contributed by atoms with van der Waals surface area (Å²) in [7, 11) is -0.738. The molecule has 0 spiro atoms. The third kappa shape index (κ3) is 3.26. The number of hydrogen-bond donors (Lipinski definition) is 1. The van der Waals surface area contributed by atoms with Gasteiger partial charge in [-0.2, -0.15) is 0 Å². The van der Waals surface area contributed by atoms with Crippen molar-refractivity contribution < 1.29 is 9.13 Å². The fourth-order valence-corrected chi connectivity index (χ4v) is 3.43. The van der Waals surface area contributed by atoms with Gasteiger partial charge in [0.2, 0.25) is 5.82 Å². The van der Waals surface area contributed by atoms with Crippen molar-refractivity contribution >= 4 is 38.2 Å². The van der Waals surface area contributed by atoms with Gasteiger partial charge in [0.15, 0.2) is 0 Å². The van der Waals surface area contributed by atoms with Gasteiger partial charge >= 0.3 is 5.69 Å². The number of nitrogens with one attached hydrogen (secondary N) is 1. The molecule has 0 radical (unpaired) electrons. The molecule has 18 heavy (non-hydrogen) atoms. The Bertz CT molecular complexity index is 487. The van der Waals surface area contributed by atoms with Gasteiger partial charge in [-0.25, -0.2) is 4.98 Å². The number of anilines is 1. The largest absolute Gasteiger partial charge is 0.362 e. The van der Waals surface area contributed by atoms with E-state index in [1.807, 2.05) is 0 Å². The molecule has 1 aromatic heterocycles. The highest BCUT2D eigenvalue weighted by atomic mass is 79.9. The normalized spacial score (nSPS) is 23.6. The molecule has 1 N–H and O–H groups in total. The summed E-state index contributed by atoms with van der Waals surface area (Å²) in [6.07, 6.45) is 3.03. The zero-order valence-corrected chi connectivity index (χ0v) is 11.9. The number of aromatic nitrogens is 1. The second-order valence-corrected chi connectivity index (χ2v) is 6.66. The van der Waals surface area contributed by atoms with Crippen LogP contribution in [0.4, 0.5) is 11.5 Å². The lowest BCUT2D eigenvalue weighted by Crippen LogP contribution is -2.29. The Hall–Kier alpha value is -1.02. The van der Waals surface area contributed by atoms with Crippen LogP contribution >= 0.6 is 15.9 Å². The Morgan fingerprint density at radius 1 is 1.50 bits per heavy atom. The minimum atomic E-state index is -0.738. The molecule has 1 aliphatic heterocycles. The minimum Gasteiger partial charge on any atom is -0.362 e. The van der Waals surface area contributed by atoms with Gasteiger partial charge in [0.1, 0.15) is 0 Å². The van der Waals surface area contributed by atoms with Gasteiger partial charge in [0.05, 0.1) is 4.92 Å². The van der Waals surface area contributed by atoms with Gasteiger partial charge in [-0.05, 0) is 28.8 Å². The topological polar surface area (TPSA) is 85.1 Å². The molecule has 1 saturated heterocycles. The maximum atomic E-state index is 11.2. The third-order valence-electron chi connectivity index (χ3n) is 2.76. The zero-order valence-electron chi connectivity index (χ0n) is 9.47. The molecule has 0 aromatic carbocycles. The monoisotopic (exact) mass is 333 g/mol. The van der Waals surface area contributed by atoms with Crippen LogP contribution in [0.25, 0.3) is 0 Å². The average Bonchev–Trinajstić information content (AvgIpc) is 2.34. The first-order chi connectivity index (χ1) is 8.56. The van der Waals surface area contributed by atoms with Gasteiger partial charge in [-0.1, -0.05) is 0 Å². The van der Waals surface area contributed by atoms with Crippen molar-refractivity contribution in [2.45, 2.75) is 18.9 Å². The Labute approximate surface area is 115 Å². The second kappa shape index (κ2) is 5.75. The van der Waals surface area contributed by atoms with Crippen molar-refractivity contribution in [3.63, 3.8) is 0 Å². The van der Waals surface area contributed by atoms with Crippen LogP contribution in [0.2, 0.25) is 0 Å². The molecular formula is C10H12BrN3O3S. The van der Waals surface area contributed by atoms with E-state index >= 15 is 0 Å². The fourth-order valence-electron chi connectivity index (χ4n) is 1.81. The third-order valence-corrected chi connectivity index (χ3v) is 4.58. The van der Waals surface area contributed by atoms with Crippen molar-refractivity contribution in [3.8, 4) is 0 Å². The quantitative estimate of drug-likeness (QED) is 0.676. The number of hydrogen-bond acceptors (Lipinski definition) is 5. The first kappa shape index (κ1) is 13.4. The molecule has 1 aliphatic rings. The Morgan fingerprint density at radius 3 is 2.78 bits per heavy atom. The molecule has 6 nitrogen and oxygen atoms in total. The fraction of sp³-hybridized carbons (Fsp3) is 0.500. The molecule has 0 bridgehead atoms. The molecule has 0 unspecified atom stereocenters. The summed E-state index contributed by atoms with van der Waals surface area (Å²) in [6, 6.07) is 1.53. The summed E-state index contributed by atoms with van der Waals surface area (Å²) in [5, 5.41) is 14.0. The first-order valence-corrected chi connectivity index (χ1v) is 7.76. The van der Waals surface area contributed by atoms with E-state index in [0.717, 1.165) is 12.8 Å². The molecule has 1 aromatic rings. The molecule has 0 aliphatic carbocycles. The van der Waals surface area contributed by atoms with Crippen LogP contribution in [0, 0.1) is 10.1 Å². The Kier molecular flexibility index (Phi) is 4.28. The van der Waals surface area contributed by atoms with Crippen LogP contribution in [-0.4, -0.2) is 31.7 Å². The van der Waals surface area contributed by atoms with Crippen molar-refractivity contribution in [1.29, 1.82) is 0 Å². The lowest BCUT2D eigenvalue weighted by molar-refractivity contribution is -0.384. The maximum absolute atomic E-state index is 11.2. The second-order valence-electron chi connectivity index (χ2n) is 4.05. The summed E-state index contributed by atoms with van der Waals surface area (Å²) >= 11 is 3.16. The number of halogens is 1. The molecular weight excluding hydrogens is 322 g/mol. The van der Waals surface area contributed by atoms with E-state index in [0.29, 0.717) is 16.0 Å². The Balaban J connectivity index is 2.13. The molecule has 8 heteroatoms. The summed E-state index contributed by atoms with van der Waals surface area (Å²) in [5.41, 5.74) is -0.0453. The van der Waals surface area contributed by atoms with E-state index in [9.17, 15) is 14.3 Å². The van der Waals surface area contributed by atoms with Crippen LogP contribution in [0.3, 0.4) is 0 Å². The SMILES string of the molecule is O=[N+]([O-])c1cc(Br)cnc1NC1CCS(=O)CC1. The van der Waals surface area contributed by atoms with E-state index in [-0.39, 0.29) is 17.5 Å². The van der Waals surface area contributed by atoms with Gasteiger partial charge in [0.25, 0.3) is 0 Å². The lowest BCUT2D eigenvalue weighted by atomic mass is 10.1. The summed E-state index contributed by atoms with van der Waals surface area (Å²) < 4.78 is 11.8. The zero-order chi connectivity index (χ0) is 13.1. The minimum absolute atomic E-state index is 0.0453. The first-order valence-electron chi connectivity index (χ1n) is 5.47. The van der Waals surface area contributed by atoms with Crippen LogP contribution in [0.5, 0.6) is 0 Å². The van der Waals surface area contributed by atoms with Gasteiger partial charge in [0, 0.05) is 45.1 Å². The van der Waals surface area contributed by atoms with E-state index in [1.54, 1.807) is 0 Å². The average molecular weight is 334 g/mol. The summed E-state index contributed by atoms with van der Waals surface area (Å²) in [4.78, 5) is 14.5. The van der Waals surface area contributed by atoms with Gasteiger partial charge < -0.3 is 5.32 Å². The highest BCUT2D eigenvalue weighted by Crippen LogP contribution is 2.27. The molecule has 0 saturated carbocycles. The highest BCUT2D eigenvalue weighted by Gasteiger charge is 2.22. The molecule has 0 amide bonds. The molecule has 0 atom stereocenters. The molecule has 1 fully saturated rings. The van der Waals surface area contributed by atoms with E-state index in [4.69, 9.17) is 0 Å². The summed E-state index contributed by atoms with van der Waals surface area (Å²) in [5.74, 6) is 1.56. The van der Waals surface area contributed by atoms with E-state index in [1.165, 1.54) is 12.3 Å². The van der Waals surface area contributed by atoms with Crippen molar-refractivity contribution in [2.75, 3.05) is 16.8 Å². The Morgan fingerprint density at radius 2 is 2.17 bits per heavy atom. The highest BCUT2D eigenvalue weighted by molar-refractivity contribution is 9.10. The maximum Gasteiger partial charge on any atom is 0.312 e. The number of pyridine rings is 1. The smallest absolute Gasteiger partial charge is 0.312 e. The van der Waals surface area contributed by atoms with Crippen LogP contribution in [-0.2, 0) is 10.8 Å². The van der Waals surface area contributed by atoms with Crippen LogP contribution in [0.1, 0.15) is 12.8 Å². The van der Waals surface area contributed by atoms with Crippen LogP contribution < -0.4 is 5.32 Å². The van der Waals surface area contributed by atoms with Crippen LogP contribution in [0.15, 0.2) is 16.7 Å². The standard InChI is InChI=1S/C10H12BrN3O3S/c11-7-5-9(14(15)16)10(12-6-7)13-8-1-3-18(17)4-2-8/h5-6,8H,1-4H2,(H,12,13). The lowest BCUT2D eigenvalue weighted by Gasteiger charge is -2.22. The van der Waals surface area contributed by atoms with Crippen molar-refractivity contribution in [2.24, 2.45) is 0 Å². The number of nitrogens with zero attached hydrogens (tertiary/aromatic N) is 2. The van der Waals surface area contributed by atoms with Gasteiger partial charge in [-0.15, -0.1) is 0 Å². The van der Waals surface area contributed by atoms with E-state index < -0.39 is 15.7 Å². The summed E-state index contributed by atoms with van der Waals surface area (Å²) in [6.45, 7) is 0. The molecule has 2 heterocycles. The van der Waals surface area contributed by atoms with Gasteiger partial charge in [-0.3, -0.25) is 14.3 Å².